The lowest BCUT2D eigenvalue weighted by atomic mass is 10.1. The Morgan fingerprint density at radius 1 is 1.26 bits per heavy atom. The van der Waals surface area contributed by atoms with Gasteiger partial charge in [-0.15, -0.1) is 0 Å². The number of halogens is 2. The molecule has 2 aromatic carbocycles. The van der Waals surface area contributed by atoms with Crippen LogP contribution in [0.5, 0.6) is 0 Å². The number of hydrogen-bond acceptors (Lipinski definition) is 4. The first-order valence-corrected chi connectivity index (χ1v) is 10.2. The lowest BCUT2D eigenvalue weighted by molar-refractivity contribution is 0.0858. The van der Waals surface area contributed by atoms with Crippen LogP contribution in [0.3, 0.4) is 0 Å². The van der Waals surface area contributed by atoms with Crippen LogP contribution in [0.25, 0.3) is 0 Å². The summed E-state index contributed by atoms with van der Waals surface area (Å²) in [6.07, 6.45) is 1.77. The van der Waals surface area contributed by atoms with Gasteiger partial charge in [0.25, 0.3) is 15.9 Å². The van der Waals surface area contributed by atoms with Gasteiger partial charge in [-0.2, -0.15) is 0 Å². The summed E-state index contributed by atoms with van der Waals surface area (Å²) >= 11 is 5.66. The van der Waals surface area contributed by atoms with E-state index >= 15 is 0 Å². The lowest BCUT2D eigenvalue weighted by Crippen LogP contribution is -2.32. The zero-order chi connectivity index (χ0) is 19.4. The van der Waals surface area contributed by atoms with Crippen LogP contribution in [0.4, 0.5) is 10.1 Å². The Labute approximate surface area is 161 Å². The molecule has 1 heterocycles. The van der Waals surface area contributed by atoms with Crippen molar-refractivity contribution in [3.63, 3.8) is 0 Å². The Morgan fingerprint density at radius 3 is 2.74 bits per heavy atom. The molecule has 0 saturated carbocycles. The highest BCUT2D eigenvalue weighted by molar-refractivity contribution is 7.92. The quantitative estimate of drug-likeness (QED) is 0.763. The summed E-state index contributed by atoms with van der Waals surface area (Å²) in [5, 5.41) is 2.82. The lowest BCUT2D eigenvalue weighted by Gasteiger charge is -2.15. The molecule has 1 atom stereocenters. The summed E-state index contributed by atoms with van der Waals surface area (Å²) in [5.74, 6) is -1.42. The first kappa shape index (κ1) is 19.6. The molecule has 0 aliphatic carbocycles. The predicted octanol–water partition coefficient (Wildman–Crippen LogP) is 3.19. The number of anilines is 1. The number of amides is 1. The number of sulfonamides is 1. The van der Waals surface area contributed by atoms with E-state index in [-0.39, 0.29) is 22.4 Å². The minimum absolute atomic E-state index is 0.0408. The third-order valence-corrected chi connectivity index (χ3v) is 5.75. The van der Waals surface area contributed by atoms with Crippen LogP contribution in [0.1, 0.15) is 23.2 Å². The number of carbonyl (C=O) groups excluding carboxylic acids is 1. The monoisotopic (exact) mass is 412 g/mol. The standard InChI is InChI=1S/C18H18ClFN2O4S/c19-12-7-8-17(15(20)10-12)27(24,25)22-16-6-2-1-5-14(16)18(23)21-11-13-4-3-9-26-13/h1-2,5-8,10,13,22H,3-4,9,11H2,(H,21,23)/t13-/m0/s1. The fraction of sp³-hybridized carbons (Fsp3) is 0.278. The molecule has 0 radical (unpaired) electrons. The molecule has 1 amide bonds. The van der Waals surface area contributed by atoms with E-state index < -0.39 is 26.6 Å². The number of ether oxygens (including phenoxy) is 1. The Balaban J connectivity index is 1.79. The van der Waals surface area contributed by atoms with Crippen LogP contribution in [0, 0.1) is 5.82 Å². The van der Waals surface area contributed by atoms with Gasteiger partial charge in [-0.25, -0.2) is 12.8 Å². The maximum Gasteiger partial charge on any atom is 0.264 e. The molecule has 0 unspecified atom stereocenters. The van der Waals surface area contributed by atoms with Crippen LogP contribution in [0.2, 0.25) is 5.02 Å². The van der Waals surface area contributed by atoms with Crippen LogP contribution < -0.4 is 10.0 Å². The van der Waals surface area contributed by atoms with E-state index in [0.29, 0.717) is 13.2 Å². The van der Waals surface area contributed by atoms with Crippen molar-refractivity contribution in [3.8, 4) is 0 Å². The summed E-state index contributed by atoms with van der Waals surface area (Å²) in [6, 6.07) is 9.37. The van der Waals surface area contributed by atoms with E-state index in [1.54, 1.807) is 12.1 Å². The zero-order valence-electron chi connectivity index (χ0n) is 14.2. The van der Waals surface area contributed by atoms with Gasteiger partial charge in [-0.1, -0.05) is 23.7 Å². The molecule has 27 heavy (non-hydrogen) atoms. The van der Waals surface area contributed by atoms with Crippen molar-refractivity contribution in [1.82, 2.24) is 5.32 Å². The van der Waals surface area contributed by atoms with Gasteiger partial charge in [-0.05, 0) is 43.2 Å². The fourth-order valence-corrected chi connectivity index (χ4v) is 4.07. The van der Waals surface area contributed by atoms with Gasteiger partial charge in [0.1, 0.15) is 10.7 Å². The van der Waals surface area contributed by atoms with Crippen molar-refractivity contribution in [2.75, 3.05) is 17.9 Å². The van der Waals surface area contributed by atoms with Crippen molar-refractivity contribution in [1.29, 1.82) is 0 Å². The average Bonchev–Trinajstić information content (AvgIpc) is 3.13. The largest absolute Gasteiger partial charge is 0.376 e. The number of hydrogen-bond donors (Lipinski definition) is 2. The number of para-hydroxylation sites is 1. The molecule has 2 aromatic rings. The van der Waals surface area contributed by atoms with Gasteiger partial charge in [-0.3, -0.25) is 9.52 Å². The second kappa shape index (κ2) is 8.24. The summed E-state index contributed by atoms with van der Waals surface area (Å²) in [7, 11) is -4.24. The van der Waals surface area contributed by atoms with E-state index in [9.17, 15) is 17.6 Å². The van der Waals surface area contributed by atoms with Crippen molar-refractivity contribution in [3.05, 3.63) is 58.9 Å². The molecule has 1 aliphatic rings. The van der Waals surface area contributed by atoms with E-state index in [2.05, 4.69) is 10.0 Å². The molecule has 2 N–H and O–H groups in total. The second-order valence-corrected chi connectivity index (χ2v) is 8.16. The van der Waals surface area contributed by atoms with Crippen molar-refractivity contribution in [2.45, 2.75) is 23.8 Å². The van der Waals surface area contributed by atoms with Gasteiger partial charge in [0.2, 0.25) is 0 Å². The van der Waals surface area contributed by atoms with Crippen molar-refractivity contribution < 1.29 is 22.3 Å². The van der Waals surface area contributed by atoms with Crippen LogP contribution in [-0.2, 0) is 14.8 Å². The minimum Gasteiger partial charge on any atom is -0.376 e. The Hall–Kier alpha value is -2.16. The highest BCUT2D eigenvalue weighted by atomic mass is 35.5. The number of rotatable bonds is 6. The average molecular weight is 413 g/mol. The first-order valence-electron chi connectivity index (χ1n) is 8.33. The Bertz CT molecular complexity index is 946. The van der Waals surface area contributed by atoms with E-state index in [1.807, 2.05) is 0 Å². The zero-order valence-corrected chi connectivity index (χ0v) is 15.8. The molecule has 1 aliphatic heterocycles. The molecular weight excluding hydrogens is 395 g/mol. The summed E-state index contributed by atoms with van der Waals surface area (Å²) in [5.41, 5.74) is 0.185. The fourth-order valence-electron chi connectivity index (χ4n) is 2.77. The molecule has 144 valence electrons. The number of nitrogens with one attached hydrogen (secondary N) is 2. The molecule has 3 rings (SSSR count). The van der Waals surface area contributed by atoms with Crippen LogP contribution >= 0.6 is 11.6 Å². The first-order chi connectivity index (χ1) is 12.9. The summed E-state index contributed by atoms with van der Waals surface area (Å²) < 4.78 is 46.8. The minimum atomic E-state index is -4.24. The second-order valence-electron chi connectivity index (χ2n) is 6.07. The Morgan fingerprint density at radius 2 is 2.04 bits per heavy atom. The van der Waals surface area contributed by atoms with Gasteiger partial charge in [0, 0.05) is 18.2 Å². The predicted molar refractivity (Wildman–Crippen MR) is 100.0 cm³/mol. The van der Waals surface area contributed by atoms with Gasteiger partial charge in [0.05, 0.1) is 17.4 Å². The van der Waals surface area contributed by atoms with E-state index in [0.717, 1.165) is 25.0 Å². The Kier molecular flexibility index (Phi) is 5.98. The van der Waals surface area contributed by atoms with Crippen LogP contribution in [0.15, 0.2) is 47.4 Å². The number of benzene rings is 2. The molecule has 0 aromatic heterocycles. The SMILES string of the molecule is O=C(NC[C@@H]1CCCO1)c1ccccc1NS(=O)(=O)c1ccc(Cl)cc1F. The number of carbonyl (C=O) groups is 1. The van der Waals surface area contributed by atoms with Crippen LogP contribution in [-0.4, -0.2) is 33.6 Å². The summed E-state index contributed by atoms with van der Waals surface area (Å²) in [4.78, 5) is 11.9. The highest BCUT2D eigenvalue weighted by Crippen LogP contribution is 2.24. The molecule has 1 fully saturated rings. The van der Waals surface area contributed by atoms with E-state index in [1.165, 1.54) is 18.2 Å². The van der Waals surface area contributed by atoms with Gasteiger partial charge >= 0.3 is 0 Å². The normalized spacial score (nSPS) is 16.9. The highest BCUT2D eigenvalue weighted by Gasteiger charge is 2.23. The molecule has 9 heteroatoms. The molecule has 0 bridgehead atoms. The maximum absolute atomic E-state index is 14.0. The van der Waals surface area contributed by atoms with Gasteiger partial charge < -0.3 is 10.1 Å². The molecular formula is C18H18ClFN2O4S. The molecule has 0 spiro atoms. The third-order valence-electron chi connectivity index (χ3n) is 4.11. The van der Waals surface area contributed by atoms with Gasteiger partial charge in [0.15, 0.2) is 0 Å². The summed E-state index contributed by atoms with van der Waals surface area (Å²) in [6.45, 7) is 1.01. The van der Waals surface area contributed by atoms with E-state index in [4.69, 9.17) is 16.3 Å². The molecule has 1 saturated heterocycles. The topological polar surface area (TPSA) is 84.5 Å². The third kappa shape index (κ3) is 4.77. The molecule has 6 nitrogen and oxygen atoms in total. The van der Waals surface area contributed by atoms with Crippen molar-refractivity contribution >= 4 is 33.2 Å². The maximum atomic E-state index is 14.0. The smallest absolute Gasteiger partial charge is 0.264 e. The van der Waals surface area contributed by atoms with Crippen molar-refractivity contribution in [2.24, 2.45) is 0 Å².